The Kier molecular flexibility index (Phi) is 8.99. The lowest BCUT2D eigenvalue weighted by Crippen LogP contribution is -2.34. The number of likely N-dealkylation sites (N-methyl/N-ethyl adjacent to an activating group) is 2. The van der Waals surface area contributed by atoms with E-state index in [1.807, 2.05) is 39.3 Å². The first-order valence-electron chi connectivity index (χ1n) is 12.9. The molecule has 9 nitrogen and oxygen atoms in total. The van der Waals surface area contributed by atoms with Crippen LogP contribution >= 0.6 is 23.2 Å². The number of hydrogen-bond donors (Lipinski definition) is 3. The van der Waals surface area contributed by atoms with E-state index in [9.17, 15) is 9.90 Å². The standard InChI is InChI=1S/C29H35Cl2N5O4/c1-7-24(37)32-20-14-17(36(4)13-12-35(2)3)8-9-18(20)28-19-10-11-29(38,16-21(19)33-34-28)25-26(30)22(39-5)15-23(40-6)27(25)31/h7-9,14-15,38H,1,10-13,16H2,2-6H3,(H,32,37)(H,33,34)/t29-/m0/s1. The van der Waals surface area contributed by atoms with Gasteiger partial charge in [0.2, 0.25) is 5.91 Å². The molecule has 1 aromatic heterocycles. The van der Waals surface area contributed by atoms with Crippen molar-refractivity contribution in [3.63, 3.8) is 0 Å². The van der Waals surface area contributed by atoms with Gasteiger partial charge in [0.15, 0.2) is 0 Å². The average Bonchev–Trinajstić information content (AvgIpc) is 3.34. The van der Waals surface area contributed by atoms with Gasteiger partial charge in [0.25, 0.3) is 0 Å². The van der Waals surface area contributed by atoms with Crippen molar-refractivity contribution in [2.75, 3.05) is 58.7 Å². The summed E-state index contributed by atoms with van der Waals surface area (Å²) < 4.78 is 10.8. The van der Waals surface area contributed by atoms with Crippen LogP contribution in [0, 0.1) is 0 Å². The molecule has 0 radical (unpaired) electrons. The Hall–Kier alpha value is -3.24. The number of ether oxygens (including phenoxy) is 2. The minimum atomic E-state index is -1.38. The third-order valence-electron chi connectivity index (χ3n) is 7.27. The molecule has 2 aromatic carbocycles. The summed E-state index contributed by atoms with van der Waals surface area (Å²) in [4.78, 5) is 16.6. The Labute approximate surface area is 244 Å². The van der Waals surface area contributed by atoms with Gasteiger partial charge in [0.1, 0.15) is 11.5 Å². The number of aromatic nitrogens is 2. The number of rotatable bonds is 10. The molecule has 0 aliphatic heterocycles. The van der Waals surface area contributed by atoms with Crippen LogP contribution in [-0.4, -0.2) is 74.6 Å². The number of anilines is 2. The summed E-state index contributed by atoms with van der Waals surface area (Å²) in [6.45, 7) is 5.29. The second kappa shape index (κ2) is 12.1. The van der Waals surface area contributed by atoms with Gasteiger partial charge in [-0.05, 0) is 51.2 Å². The second-order valence-corrected chi connectivity index (χ2v) is 10.9. The summed E-state index contributed by atoms with van der Waals surface area (Å²) in [6, 6.07) is 7.50. The van der Waals surface area contributed by atoms with Crippen molar-refractivity contribution in [2.45, 2.75) is 24.9 Å². The Morgan fingerprint density at radius 3 is 2.45 bits per heavy atom. The number of hydrogen-bond acceptors (Lipinski definition) is 7. The Morgan fingerprint density at radius 2 is 1.85 bits per heavy atom. The van der Waals surface area contributed by atoms with E-state index >= 15 is 0 Å². The molecule has 1 aliphatic carbocycles. The SMILES string of the molecule is C=CC(=O)Nc1cc(N(C)CCN(C)C)ccc1-c1n[nH]c2c1CC[C@@](O)(c1c(Cl)c(OC)cc(OC)c1Cl)C2. The fraction of sp³-hybridized carbons (Fsp3) is 0.379. The summed E-state index contributed by atoms with van der Waals surface area (Å²) in [5, 5.41) is 23.0. The van der Waals surface area contributed by atoms with E-state index < -0.39 is 5.60 Å². The number of aliphatic hydroxyl groups is 1. The van der Waals surface area contributed by atoms with Crippen molar-refractivity contribution < 1.29 is 19.4 Å². The van der Waals surface area contributed by atoms with Crippen LogP contribution in [0.25, 0.3) is 11.3 Å². The van der Waals surface area contributed by atoms with Gasteiger partial charge in [-0.25, -0.2) is 0 Å². The maximum absolute atomic E-state index is 12.3. The molecule has 3 N–H and O–H groups in total. The first kappa shape index (κ1) is 29.7. The zero-order valence-corrected chi connectivity index (χ0v) is 24.9. The van der Waals surface area contributed by atoms with Crippen LogP contribution in [0.5, 0.6) is 11.5 Å². The molecule has 1 aliphatic rings. The second-order valence-electron chi connectivity index (χ2n) is 10.2. The Morgan fingerprint density at radius 1 is 1.18 bits per heavy atom. The number of carbonyl (C=O) groups is 1. The predicted molar refractivity (Wildman–Crippen MR) is 160 cm³/mol. The van der Waals surface area contributed by atoms with E-state index in [0.717, 1.165) is 35.6 Å². The van der Waals surface area contributed by atoms with Gasteiger partial charge in [-0.2, -0.15) is 5.10 Å². The summed E-state index contributed by atoms with van der Waals surface area (Å²) in [7, 11) is 9.06. The summed E-state index contributed by atoms with van der Waals surface area (Å²) in [5.74, 6) is 0.408. The number of benzene rings is 2. The van der Waals surface area contributed by atoms with Crippen LogP contribution in [-0.2, 0) is 23.2 Å². The van der Waals surface area contributed by atoms with Crippen LogP contribution in [0.1, 0.15) is 23.2 Å². The molecule has 1 amide bonds. The Bertz CT molecular complexity index is 1400. The highest BCUT2D eigenvalue weighted by Crippen LogP contribution is 2.50. The molecule has 1 heterocycles. The highest BCUT2D eigenvalue weighted by molar-refractivity contribution is 6.38. The number of aromatic amines is 1. The molecule has 0 fully saturated rings. The van der Waals surface area contributed by atoms with E-state index in [1.54, 1.807) is 6.07 Å². The molecule has 40 heavy (non-hydrogen) atoms. The van der Waals surface area contributed by atoms with Crippen molar-refractivity contribution in [3.05, 3.63) is 63.8 Å². The highest BCUT2D eigenvalue weighted by atomic mass is 35.5. The Balaban J connectivity index is 1.72. The maximum atomic E-state index is 12.3. The number of amides is 1. The van der Waals surface area contributed by atoms with E-state index in [2.05, 4.69) is 31.9 Å². The van der Waals surface area contributed by atoms with Gasteiger partial charge in [0.05, 0.1) is 41.2 Å². The van der Waals surface area contributed by atoms with Gasteiger partial charge in [0, 0.05) is 60.7 Å². The third kappa shape index (κ3) is 5.78. The molecule has 214 valence electrons. The molecular formula is C29H35Cl2N5O4. The molecule has 0 unspecified atom stereocenters. The lowest BCUT2D eigenvalue weighted by molar-refractivity contribution is -0.111. The normalized spacial score (nSPS) is 16.4. The van der Waals surface area contributed by atoms with E-state index in [4.69, 9.17) is 32.7 Å². The molecule has 11 heteroatoms. The van der Waals surface area contributed by atoms with Gasteiger partial charge < -0.3 is 29.7 Å². The maximum Gasteiger partial charge on any atom is 0.247 e. The van der Waals surface area contributed by atoms with Crippen LogP contribution in [0.3, 0.4) is 0 Å². The monoisotopic (exact) mass is 587 g/mol. The summed E-state index contributed by atoms with van der Waals surface area (Å²) in [6.07, 6.45) is 2.26. The summed E-state index contributed by atoms with van der Waals surface area (Å²) >= 11 is 13.3. The van der Waals surface area contributed by atoms with Gasteiger partial charge in [-0.1, -0.05) is 29.8 Å². The van der Waals surface area contributed by atoms with Crippen LogP contribution in [0.4, 0.5) is 11.4 Å². The average molecular weight is 589 g/mol. The van der Waals surface area contributed by atoms with Crippen molar-refractivity contribution >= 4 is 40.5 Å². The largest absolute Gasteiger partial charge is 0.495 e. The number of methoxy groups -OCH3 is 2. The molecule has 0 saturated heterocycles. The lowest BCUT2D eigenvalue weighted by atomic mass is 9.77. The molecule has 3 aromatic rings. The van der Waals surface area contributed by atoms with E-state index in [-0.39, 0.29) is 22.4 Å². The van der Waals surface area contributed by atoms with Crippen molar-refractivity contribution in [1.29, 1.82) is 0 Å². The van der Waals surface area contributed by atoms with Gasteiger partial charge in [-0.15, -0.1) is 0 Å². The number of fused-ring (bicyclic) bond motifs is 1. The topological polar surface area (TPSA) is 103 Å². The molecule has 0 bridgehead atoms. The fourth-order valence-corrected chi connectivity index (χ4v) is 5.85. The molecule has 0 saturated carbocycles. The predicted octanol–water partition coefficient (Wildman–Crippen LogP) is 4.90. The van der Waals surface area contributed by atoms with Crippen LogP contribution in [0.15, 0.2) is 36.9 Å². The third-order valence-corrected chi connectivity index (χ3v) is 8.03. The van der Waals surface area contributed by atoms with Crippen molar-refractivity contribution in [1.82, 2.24) is 15.1 Å². The van der Waals surface area contributed by atoms with Crippen molar-refractivity contribution in [2.24, 2.45) is 0 Å². The molecule has 0 spiro atoms. The van der Waals surface area contributed by atoms with Crippen LogP contribution in [0.2, 0.25) is 10.0 Å². The number of halogens is 2. The van der Waals surface area contributed by atoms with Crippen LogP contribution < -0.4 is 19.7 Å². The molecule has 4 rings (SSSR count). The van der Waals surface area contributed by atoms with E-state index in [1.165, 1.54) is 20.3 Å². The smallest absolute Gasteiger partial charge is 0.247 e. The molecular weight excluding hydrogens is 553 g/mol. The minimum absolute atomic E-state index is 0.199. The fourth-order valence-electron chi connectivity index (χ4n) is 5.00. The number of nitrogens with one attached hydrogen (secondary N) is 2. The van der Waals surface area contributed by atoms with Gasteiger partial charge in [-0.3, -0.25) is 9.89 Å². The molecule has 1 atom stereocenters. The summed E-state index contributed by atoms with van der Waals surface area (Å²) in [5.41, 5.74) is 3.74. The van der Waals surface area contributed by atoms with Gasteiger partial charge >= 0.3 is 0 Å². The lowest BCUT2D eigenvalue weighted by Gasteiger charge is -2.34. The number of carbonyl (C=O) groups excluding carboxylic acids is 1. The number of H-pyrrole nitrogens is 1. The minimum Gasteiger partial charge on any atom is -0.495 e. The van der Waals surface area contributed by atoms with Crippen molar-refractivity contribution in [3.8, 4) is 22.8 Å². The van der Waals surface area contributed by atoms with E-state index in [0.29, 0.717) is 41.3 Å². The first-order chi connectivity index (χ1) is 19.0. The zero-order chi connectivity index (χ0) is 29.2. The quantitative estimate of drug-likeness (QED) is 0.290. The first-order valence-corrected chi connectivity index (χ1v) is 13.6. The zero-order valence-electron chi connectivity index (χ0n) is 23.4. The number of nitrogens with zero attached hydrogens (tertiary/aromatic N) is 3. The highest BCUT2D eigenvalue weighted by Gasteiger charge is 2.41.